The van der Waals surface area contributed by atoms with Crippen LogP contribution in [-0.4, -0.2) is 4.98 Å². The second-order valence-corrected chi connectivity index (χ2v) is 5.85. The van der Waals surface area contributed by atoms with E-state index in [4.69, 9.17) is 23.2 Å². The van der Waals surface area contributed by atoms with E-state index in [1.54, 1.807) is 18.2 Å². The minimum Gasteiger partial charge on any atom is -0.330 e. The summed E-state index contributed by atoms with van der Waals surface area (Å²) in [5.41, 5.74) is 2.79. The molecule has 1 aromatic heterocycles. The maximum atomic E-state index is 6.13. The van der Waals surface area contributed by atoms with E-state index in [-0.39, 0.29) is 0 Å². The van der Waals surface area contributed by atoms with Crippen LogP contribution in [0.2, 0.25) is 10.0 Å². The van der Waals surface area contributed by atoms with Crippen LogP contribution in [-0.2, 0) is 0 Å². The predicted octanol–water partition coefficient (Wildman–Crippen LogP) is 5.86. The molecule has 0 bridgehead atoms. The van der Waals surface area contributed by atoms with Gasteiger partial charge in [0, 0.05) is 16.0 Å². The van der Waals surface area contributed by atoms with Crippen LogP contribution in [0.1, 0.15) is 0 Å². The summed E-state index contributed by atoms with van der Waals surface area (Å²) < 4.78 is 0. The Balaban J connectivity index is 1.86. The number of thiazole rings is 1. The summed E-state index contributed by atoms with van der Waals surface area (Å²) in [5.74, 6) is 0. The van der Waals surface area contributed by atoms with E-state index < -0.39 is 0 Å². The van der Waals surface area contributed by atoms with Gasteiger partial charge in [0.2, 0.25) is 0 Å². The van der Waals surface area contributed by atoms with Crippen molar-refractivity contribution in [1.29, 1.82) is 0 Å². The van der Waals surface area contributed by atoms with E-state index >= 15 is 0 Å². The van der Waals surface area contributed by atoms with Crippen molar-refractivity contribution in [1.82, 2.24) is 4.98 Å². The van der Waals surface area contributed by atoms with Crippen LogP contribution < -0.4 is 5.32 Å². The van der Waals surface area contributed by atoms with Gasteiger partial charge in [-0.15, -0.1) is 11.3 Å². The highest BCUT2D eigenvalue weighted by Gasteiger charge is 2.07. The molecule has 0 saturated carbocycles. The van der Waals surface area contributed by atoms with E-state index in [9.17, 15) is 0 Å². The monoisotopic (exact) mass is 320 g/mol. The minimum absolute atomic E-state index is 0.617. The Hall–Kier alpha value is -1.55. The highest BCUT2D eigenvalue weighted by molar-refractivity contribution is 7.14. The molecule has 5 heteroatoms. The number of anilines is 2. The smallest absolute Gasteiger partial charge is 0.187 e. The van der Waals surface area contributed by atoms with Gasteiger partial charge in [-0.25, -0.2) is 4.98 Å². The number of rotatable bonds is 3. The fourth-order valence-corrected chi connectivity index (χ4v) is 2.85. The van der Waals surface area contributed by atoms with E-state index in [0.717, 1.165) is 22.1 Å². The first-order valence-corrected chi connectivity index (χ1v) is 7.59. The fourth-order valence-electron chi connectivity index (χ4n) is 1.78. The zero-order valence-corrected chi connectivity index (χ0v) is 12.6. The average Bonchev–Trinajstić information content (AvgIpc) is 2.92. The fraction of sp³-hybridized carbons (Fsp3) is 0. The van der Waals surface area contributed by atoms with Crippen molar-refractivity contribution in [3.63, 3.8) is 0 Å². The number of nitrogens with one attached hydrogen (secondary N) is 1. The molecule has 3 aromatic rings. The molecule has 0 amide bonds. The lowest BCUT2D eigenvalue weighted by Gasteiger charge is -2.05. The number of benzene rings is 2. The largest absolute Gasteiger partial charge is 0.330 e. The molecule has 0 aliphatic rings. The van der Waals surface area contributed by atoms with Gasteiger partial charge in [0.1, 0.15) is 0 Å². The lowest BCUT2D eigenvalue weighted by Crippen LogP contribution is -1.90. The Morgan fingerprint density at radius 1 is 1.00 bits per heavy atom. The Labute approximate surface area is 131 Å². The van der Waals surface area contributed by atoms with E-state index in [1.165, 1.54) is 11.3 Å². The molecule has 0 saturated heterocycles. The minimum atomic E-state index is 0.617. The number of hydrogen-bond donors (Lipinski definition) is 1. The first-order chi connectivity index (χ1) is 9.72. The number of hydrogen-bond acceptors (Lipinski definition) is 3. The highest BCUT2D eigenvalue weighted by Crippen LogP contribution is 2.31. The topological polar surface area (TPSA) is 24.9 Å². The molecule has 100 valence electrons. The van der Waals surface area contributed by atoms with Gasteiger partial charge < -0.3 is 5.32 Å². The van der Waals surface area contributed by atoms with Gasteiger partial charge in [0.05, 0.1) is 16.4 Å². The van der Waals surface area contributed by atoms with Crippen molar-refractivity contribution in [2.24, 2.45) is 0 Å². The zero-order chi connectivity index (χ0) is 13.9. The Kier molecular flexibility index (Phi) is 3.92. The van der Waals surface area contributed by atoms with Crippen LogP contribution >= 0.6 is 34.5 Å². The third-order valence-electron chi connectivity index (χ3n) is 2.74. The number of halogens is 2. The molecular weight excluding hydrogens is 311 g/mol. The summed E-state index contributed by atoms with van der Waals surface area (Å²) in [7, 11) is 0. The summed E-state index contributed by atoms with van der Waals surface area (Å²) in [6.45, 7) is 0. The van der Waals surface area contributed by atoms with Crippen molar-refractivity contribution in [3.05, 3.63) is 64.0 Å². The quantitative estimate of drug-likeness (QED) is 0.653. The van der Waals surface area contributed by atoms with Gasteiger partial charge in [-0.05, 0) is 18.2 Å². The molecule has 0 spiro atoms. The molecule has 0 aliphatic carbocycles. The van der Waals surface area contributed by atoms with Crippen LogP contribution in [0.25, 0.3) is 11.3 Å². The summed E-state index contributed by atoms with van der Waals surface area (Å²) >= 11 is 13.6. The third kappa shape index (κ3) is 2.96. The molecule has 1 heterocycles. The van der Waals surface area contributed by atoms with E-state index in [2.05, 4.69) is 10.3 Å². The number of nitrogens with zero attached hydrogens (tertiary/aromatic N) is 1. The van der Waals surface area contributed by atoms with Gasteiger partial charge in [-0.1, -0.05) is 53.5 Å². The molecule has 0 atom stereocenters. The summed E-state index contributed by atoms with van der Waals surface area (Å²) in [5, 5.41) is 7.24. The molecule has 3 rings (SSSR count). The summed E-state index contributed by atoms with van der Waals surface area (Å²) in [4.78, 5) is 4.55. The molecule has 1 N–H and O–H groups in total. The van der Waals surface area contributed by atoms with E-state index in [0.29, 0.717) is 10.0 Å². The summed E-state index contributed by atoms with van der Waals surface area (Å²) in [6.07, 6.45) is 0. The molecule has 0 aliphatic heterocycles. The van der Waals surface area contributed by atoms with Crippen LogP contribution in [0.5, 0.6) is 0 Å². The Bertz CT molecular complexity index is 726. The van der Waals surface area contributed by atoms with Gasteiger partial charge >= 0.3 is 0 Å². The molecule has 0 unspecified atom stereocenters. The van der Waals surface area contributed by atoms with Crippen LogP contribution in [0.15, 0.2) is 53.9 Å². The number of aromatic nitrogens is 1. The predicted molar refractivity (Wildman–Crippen MR) is 87.3 cm³/mol. The summed E-state index contributed by atoms with van der Waals surface area (Å²) in [6, 6.07) is 15.3. The van der Waals surface area contributed by atoms with Gasteiger partial charge in [-0.2, -0.15) is 0 Å². The van der Waals surface area contributed by atoms with Crippen LogP contribution in [0.3, 0.4) is 0 Å². The van der Waals surface area contributed by atoms with Gasteiger partial charge in [0.25, 0.3) is 0 Å². The van der Waals surface area contributed by atoms with Crippen LogP contribution in [0, 0.1) is 0 Å². The van der Waals surface area contributed by atoms with Crippen molar-refractivity contribution >= 4 is 45.4 Å². The molecular formula is C15H10Cl2N2S. The normalized spacial score (nSPS) is 10.5. The van der Waals surface area contributed by atoms with Crippen molar-refractivity contribution in [3.8, 4) is 11.3 Å². The maximum Gasteiger partial charge on any atom is 0.187 e. The first kappa shape index (κ1) is 13.4. The van der Waals surface area contributed by atoms with Crippen molar-refractivity contribution in [2.45, 2.75) is 0 Å². The standard InChI is InChI=1S/C15H10Cl2N2S/c16-11-6-7-12(17)13(8-11)18-15-19-14(9-20-15)10-4-2-1-3-5-10/h1-9H,(H,18,19). The molecule has 20 heavy (non-hydrogen) atoms. The highest BCUT2D eigenvalue weighted by atomic mass is 35.5. The van der Waals surface area contributed by atoms with Crippen molar-refractivity contribution < 1.29 is 0 Å². The second kappa shape index (κ2) is 5.83. The third-order valence-corrected chi connectivity index (χ3v) is 4.07. The van der Waals surface area contributed by atoms with Gasteiger partial charge in [0.15, 0.2) is 5.13 Å². The molecule has 2 aromatic carbocycles. The molecule has 0 radical (unpaired) electrons. The first-order valence-electron chi connectivity index (χ1n) is 5.95. The molecule has 0 fully saturated rings. The second-order valence-electron chi connectivity index (χ2n) is 4.15. The van der Waals surface area contributed by atoms with E-state index in [1.807, 2.05) is 35.7 Å². The Morgan fingerprint density at radius 3 is 2.60 bits per heavy atom. The maximum absolute atomic E-state index is 6.13. The van der Waals surface area contributed by atoms with Gasteiger partial charge in [-0.3, -0.25) is 0 Å². The van der Waals surface area contributed by atoms with Crippen LogP contribution in [0.4, 0.5) is 10.8 Å². The lowest BCUT2D eigenvalue weighted by molar-refractivity contribution is 1.38. The average molecular weight is 321 g/mol. The zero-order valence-electron chi connectivity index (χ0n) is 10.3. The SMILES string of the molecule is Clc1ccc(Cl)c(Nc2nc(-c3ccccc3)cs2)c1. The lowest BCUT2D eigenvalue weighted by atomic mass is 10.2. The van der Waals surface area contributed by atoms with Crippen molar-refractivity contribution in [2.75, 3.05) is 5.32 Å². The molecule has 2 nitrogen and oxygen atoms in total. The Morgan fingerprint density at radius 2 is 1.80 bits per heavy atom.